The minimum atomic E-state index is 0.0787. The Balaban J connectivity index is 1.74. The van der Waals surface area contributed by atoms with Gasteiger partial charge in [-0.25, -0.2) is 0 Å². The van der Waals surface area contributed by atoms with Crippen LogP contribution in [0.4, 0.5) is 0 Å². The molecule has 1 aliphatic heterocycles. The summed E-state index contributed by atoms with van der Waals surface area (Å²) in [5.41, 5.74) is 0.369. The fraction of sp³-hybridized carbons (Fsp3) is 0.917. The third kappa shape index (κ3) is 2.71. The molecule has 0 aromatic carbocycles. The number of carbonyl (C=O) groups excluding carboxylic acids is 1. The van der Waals surface area contributed by atoms with E-state index in [0.29, 0.717) is 5.41 Å². The maximum Gasteiger partial charge on any atom is 0.237 e. The maximum absolute atomic E-state index is 11.8. The fourth-order valence-electron chi connectivity index (χ4n) is 2.74. The van der Waals surface area contributed by atoms with Crippen molar-refractivity contribution in [2.45, 2.75) is 51.5 Å². The zero-order valence-electron chi connectivity index (χ0n) is 9.64. The zero-order chi connectivity index (χ0) is 10.7. The summed E-state index contributed by atoms with van der Waals surface area (Å²) in [7, 11) is 0. The highest BCUT2D eigenvalue weighted by Gasteiger charge is 2.30. The number of carbonyl (C=O) groups is 1. The van der Waals surface area contributed by atoms with E-state index in [9.17, 15) is 4.79 Å². The predicted molar refractivity (Wildman–Crippen MR) is 60.6 cm³/mol. The van der Waals surface area contributed by atoms with Crippen molar-refractivity contribution in [3.05, 3.63) is 0 Å². The van der Waals surface area contributed by atoms with E-state index in [-0.39, 0.29) is 11.9 Å². The largest absolute Gasteiger partial charge is 0.354 e. The molecule has 1 heterocycles. The first kappa shape index (κ1) is 10.9. The smallest absolute Gasteiger partial charge is 0.237 e. The number of amides is 1. The van der Waals surface area contributed by atoms with Crippen LogP contribution in [-0.4, -0.2) is 25.0 Å². The van der Waals surface area contributed by atoms with Gasteiger partial charge in [0.15, 0.2) is 0 Å². The van der Waals surface area contributed by atoms with E-state index in [1.165, 1.54) is 25.7 Å². The fourth-order valence-corrected chi connectivity index (χ4v) is 2.74. The topological polar surface area (TPSA) is 41.1 Å². The van der Waals surface area contributed by atoms with E-state index in [1.54, 1.807) is 0 Å². The number of nitrogens with one attached hydrogen (secondary N) is 2. The van der Waals surface area contributed by atoms with Crippen LogP contribution in [0.2, 0.25) is 0 Å². The summed E-state index contributed by atoms with van der Waals surface area (Å²) in [6.45, 7) is 4.15. The highest BCUT2D eigenvalue weighted by atomic mass is 16.2. The molecule has 2 fully saturated rings. The Morgan fingerprint density at radius 3 is 2.73 bits per heavy atom. The van der Waals surface area contributed by atoms with E-state index < -0.39 is 0 Å². The van der Waals surface area contributed by atoms with Crippen molar-refractivity contribution in [2.24, 2.45) is 5.41 Å². The van der Waals surface area contributed by atoms with Crippen molar-refractivity contribution < 1.29 is 4.79 Å². The SMILES string of the molecule is CC1(CNC(=O)[C@@H]2CCCN2)CCCC1. The zero-order valence-corrected chi connectivity index (χ0v) is 9.64. The lowest BCUT2D eigenvalue weighted by Gasteiger charge is -2.24. The van der Waals surface area contributed by atoms with Crippen molar-refractivity contribution in [2.75, 3.05) is 13.1 Å². The molecular formula is C12H22N2O. The molecule has 0 aromatic heterocycles. The van der Waals surface area contributed by atoms with Crippen LogP contribution < -0.4 is 10.6 Å². The molecule has 86 valence electrons. The molecule has 0 bridgehead atoms. The summed E-state index contributed by atoms with van der Waals surface area (Å²) in [4.78, 5) is 11.8. The molecule has 15 heavy (non-hydrogen) atoms. The van der Waals surface area contributed by atoms with Crippen molar-refractivity contribution >= 4 is 5.91 Å². The second-order valence-electron chi connectivity index (χ2n) is 5.38. The van der Waals surface area contributed by atoms with Gasteiger partial charge < -0.3 is 10.6 Å². The van der Waals surface area contributed by atoms with E-state index in [2.05, 4.69) is 17.6 Å². The predicted octanol–water partition coefficient (Wildman–Crippen LogP) is 1.43. The van der Waals surface area contributed by atoms with Crippen molar-refractivity contribution in [3.63, 3.8) is 0 Å². The summed E-state index contributed by atoms with van der Waals surface area (Å²) in [5, 5.41) is 6.34. The first-order valence-electron chi connectivity index (χ1n) is 6.21. The Bertz CT molecular complexity index is 228. The standard InChI is InChI=1S/C12H22N2O/c1-12(6-2-3-7-12)9-14-11(15)10-5-4-8-13-10/h10,13H,2-9H2,1H3,(H,14,15)/t10-/m0/s1. The highest BCUT2D eigenvalue weighted by Crippen LogP contribution is 2.36. The highest BCUT2D eigenvalue weighted by molar-refractivity contribution is 5.82. The van der Waals surface area contributed by atoms with Gasteiger partial charge in [-0.05, 0) is 37.6 Å². The van der Waals surface area contributed by atoms with Gasteiger partial charge in [-0.2, -0.15) is 0 Å². The van der Waals surface area contributed by atoms with Crippen LogP contribution in [0.1, 0.15) is 45.4 Å². The average Bonchev–Trinajstić information content (AvgIpc) is 2.85. The molecule has 1 saturated carbocycles. The molecular weight excluding hydrogens is 188 g/mol. The van der Waals surface area contributed by atoms with Gasteiger partial charge in [0.1, 0.15) is 0 Å². The maximum atomic E-state index is 11.8. The first-order valence-corrected chi connectivity index (χ1v) is 6.21. The molecule has 1 aliphatic carbocycles. The summed E-state index contributed by atoms with van der Waals surface area (Å²) in [5.74, 6) is 0.209. The number of hydrogen-bond donors (Lipinski definition) is 2. The van der Waals surface area contributed by atoms with Crippen LogP contribution in [0, 0.1) is 5.41 Å². The molecule has 1 saturated heterocycles. The lowest BCUT2D eigenvalue weighted by Crippen LogP contribution is -2.43. The molecule has 0 unspecified atom stereocenters. The lowest BCUT2D eigenvalue weighted by molar-refractivity contribution is -0.123. The van der Waals surface area contributed by atoms with Gasteiger partial charge in [0.05, 0.1) is 6.04 Å². The Morgan fingerprint density at radius 1 is 1.40 bits per heavy atom. The average molecular weight is 210 g/mol. The number of hydrogen-bond acceptors (Lipinski definition) is 2. The Kier molecular flexibility index (Phi) is 3.29. The molecule has 3 heteroatoms. The van der Waals surface area contributed by atoms with E-state index >= 15 is 0 Å². The van der Waals surface area contributed by atoms with Gasteiger partial charge in [0.2, 0.25) is 5.91 Å². The van der Waals surface area contributed by atoms with Crippen molar-refractivity contribution in [1.82, 2.24) is 10.6 Å². The third-order valence-electron chi connectivity index (χ3n) is 3.88. The van der Waals surface area contributed by atoms with E-state index in [1.807, 2.05) is 0 Å². The molecule has 0 aromatic rings. The summed E-state index contributed by atoms with van der Waals surface area (Å²) >= 11 is 0. The Morgan fingerprint density at radius 2 is 2.13 bits per heavy atom. The molecule has 1 atom stereocenters. The first-order chi connectivity index (χ1) is 7.20. The Labute approximate surface area is 92.0 Å². The second kappa shape index (κ2) is 4.52. The monoisotopic (exact) mass is 210 g/mol. The molecule has 2 N–H and O–H groups in total. The summed E-state index contributed by atoms with van der Waals surface area (Å²) in [6.07, 6.45) is 7.33. The molecule has 3 nitrogen and oxygen atoms in total. The molecule has 1 amide bonds. The minimum Gasteiger partial charge on any atom is -0.354 e. The normalized spacial score (nSPS) is 29.3. The van der Waals surface area contributed by atoms with Crippen molar-refractivity contribution in [3.8, 4) is 0 Å². The van der Waals surface area contributed by atoms with Crippen molar-refractivity contribution in [1.29, 1.82) is 0 Å². The number of rotatable bonds is 3. The quantitative estimate of drug-likeness (QED) is 0.740. The van der Waals surface area contributed by atoms with Crippen LogP contribution in [0.3, 0.4) is 0 Å². The molecule has 0 spiro atoms. The van der Waals surface area contributed by atoms with Crippen LogP contribution >= 0.6 is 0 Å². The molecule has 2 aliphatic rings. The van der Waals surface area contributed by atoms with Gasteiger partial charge in [-0.1, -0.05) is 19.8 Å². The lowest BCUT2D eigenvalue weighted by atomic mass is 9.89. The summed E-state index contributed by atoms with van der Waals surface area (Å²) < 4.78 is 0. The van der Waals surface area contributed by atoms with Gasteiger partial charge >= 0.3 is 0 Å². The van der Waals surface area contributed by atoms with Gasteiger partial charge in [-0.3, -0.25) is 4.79 Å². The molecule has 0 radical (unpaired) electrons. The third-order valence-corrected chi connectivity index (χ3v) is 3.88. The van der Waals surface area contributed by atoms with Crippen LogP contribution in [-0.2, 0) is 4.79 Å². The second-order valence-corrected chi connectivity index (χ2v) is 5.38. The van der Waals surface area contributed by atoms with Crippen LogP contribution in [0.15, 0.2) is 0 Å². The van der Waals surface area contributed by atoms with E-state index in [4.69, 9.17) is 0 Å². The van der Waals surface area contributed by atoms with Crippen LogP contribution in [0.25, 0.3) is 0 Å². The van der Waals surface area contributed by atoms with Crippen LogP contribution in [0.5, 0.6) is 0 Å². The van der Waals surface area contributed by atoms with Gasteiger partial charge in [0, 0.05) is 6.54 Å². The molecule has 2 rings (SSSR count). The van der Waals surface area contributed by atoms with Gasteiger partial charge in [-0.15, -0.1) is 0 Å². The Hall–Kier alpha value is -0.570. The summed E-state index contributed by atoms with van der Waals surface area (Å²) in [6, 6.07) is 0.0787. The van der Waals surface area contributed by atoms with E-state index in [0.717, 1.165) is 25.9 Å². The van der Waals surface area contributed by atoms with Gasteiger partial charge in [0.25, 0.3) is 0 Å². The minimum absolute atomic E-state index is 0.0787.